The van der Waals surface area contributed by atoms with Crippen molar-refractivity contribution in [3.05, 3.63) is 0 Å². The van der Waals surface area contributed by atoms with Crippen LogP contribution in [0.15, 0.2) is 0 Å². The summed E-state index contributed by atoms with van der Waals surface area (Å²) < 4.78 is 10.0. The summed E-state index contributed by atoms with van der Waals surface area (Å²) in [6.07, 6.45) is 1.69. The molecule has 1 rings (SSSR count). The van der Waals surface area contributed by atoms with Crippen molar-refractivity contribution < 1.29 is 19.1 Å². The molecule has 5 nitrogen and oxygen atoms in total. The molecule has 0 saturated carbocycles. The van der Waals surface area contributed by atoms with Gasteiger partial charge >= 0.3 is 11.9 Å². The van der Waals surface area contributed by atoms with Gasteiger partial charge < -0.3 is 14.8 Å². The quantitative estimate of drug-likeness (QED) is 0.771. The molecule has 2 unspecified atom stereocenters. The van der Waals surface area contributed by atoms with Crippen molar-refractivity contribution in [1.29, 1.82) is 0 Å². The van der Waals surface area contributed by atoms with Crippen molar-refractivity contribution in [2.75, 3.05) is 13.7 Å². The molecule has 18 heavy (non-hydrogen) atoms. The number of piperidine rings is 1. The summed E-state index contributed by atoms with van der Waals surface area (Å²) in [6.45, 7) is 6.30. The van der Waals surface area contributed by atoms with Crippen molar-refractivity contribution in [1.82, 2.24) is 5.32 Å². The monoisotopic (exact) mass is 257 g/mol. The molecule has 0 aliphatic carbocycles. The number of carbonyl (C=O) groups is 2. The third-order valence-corrected chi connectivity index (χ3v) is 2.88. The first-order valence-corrected chi connectivity index (χ1v) is 6.35. The fraction of sp³-hybridized carbons (Fsp3) is 0.846. The molecule has 1 saturated heterocycles. The zero-order chi connectivity index (χ0) is 13.8. The molecule has 5 heteroatoms. The first-order chi connectivity index (χ1) is 8.31. The normalized spacial score (nSPS) is 24.4. The van der Waals surface area contributed by atoms with Crippen LogP contribution in [0.25, 0.3) is 0 Å². The highest BCUT2D eigenvalue weighted by molar-refractivity contribution is 5.74. The summed E-state index contributed by atoms with van der Waals surface area (Å²) in [4.78, 5) is 23.2. The van der Waals surface area contributed by atoms with Gasteiger partial charge in [0.1, 0.15) is 5.60 Å². The minimum atomic E-state index is -0.459. The molecule has 0 amide bonds. The Hall–Kier alpha value is -1.10. The molecular formula is C13H23NO4. The first-order valence-electron chi connectivity index (χ1n) is 6.35. The van der Waals surface area contributed by atoms with Crippen LogP contribution < -0.4 is 5.32 Å². The molecule has 0 aromatic rings. The molecule has 1 aliphatic rings. The summed E-state index contributed by atoms with van der Waals surface area (Å²) in [5, 5.41) is 3.22. The third kappa shape index (κ3) is 5.04. The molecule has 0 aromatic carbocycles. The van der Waals surface area contributed by atoms with E-state index in [1.165, 1.54) is 7.11 Å². The lowest BCUT2D eigenvalue weighted by Crippen LogP contribution is -2.43. The SMILES string of the molecule is COC(=O)CC1CC(C(=O)OC(C)(C)C)CCN1. The molecule has 0 bridgehead atoms. The van der Waals surface area contributed by atoms with E-state index in [0.29, 0.717) is 12.8 Å². The lowest BCUT2D eigenvalue weighted by Gasteiger charge is -2.30. The zero-order valence-electron chi connectivity index (χ0n) is 11.6. The minimum Gasteiger partial charge on any atom is -0.469 e. The van der Waals surface area contributed by atoms with Crippen molar-refractivity contribution in [2.24, 2.45) is 5.92 Å². The number of rotatable bonds is 3. The molecule has 0 aromatic heterocycles. The summed E-state index contributed by atoms with van der Waals surface area (Å²) >= 11 is 0. The number of hydrogen-bond donors (Lipinski definition) is 1. The number of carbonyl (C=O) groups excluding carboxylic acids is 2. The second kappa shape index (κ2) is 6.18. The van der Waals surface area contributed by atoms with E-state index in [9.17, 15) is 9.59 Å². The standard InChI is InChI=1S/C13H23NO4/c1-13(2,3)18-12(16)9-5-6-14-10(7-9)8-11(15)17-4/h9-10,14H,5-8H2,1-4H3. The van der Waals surface area contributed by atoms with E-state index in [1.54, 1.807) is 0 Å². The van der Waals surface area contributed by atoms with Crippen molar-refractivity contribution >= 4 is 11.9 Å². The van der Waals surface area contributed by atoms with Gasteiger partial charge in [-0.3, -0.25) is 9.59 Å². The van der Waals surface area contributed by atoms with Gasteiger partial charge in [-0.05, 0) is 40.2 Å². The summed E-state index contributed by atoms with van der Waals surface area (Å²) in [5.41, 5.74) is -0.459. The van der Waals surface area contributed by atoms with E-state index in [-0.39, 0.29) is 23.9 Å². The Balaban J connectivity index is 2.48. The van der Waals surface area contributed by atoms with Crippen LogP contribution in [0.5, 0.6) is 0 Å². The van der Waals surface area contributed by atoms with E-state index in [2.05, 4.69) is 10.1 Å². The fourth-order valence-electron chi connectivity index (χ4n) is 2.05. The van der Waals surface area contributed by atoms with Gasteiger partial charge in [-0.25, -0.2) is 0 Å². The predicted molar refractivity (Wildman–Crippen MR) is 67.0 cm³/mol. The maximum absolute atomic E-state index is 11.9. The van der Waals surface area contributed by atoms with Gasteiger partial charge in [0, 0.05) is 6.04 Å². The Morgan fingerprint density at radius 2 is 2.00 bits per heavy atom. The Morgan fingerprint density at radius 3 is 2.56 bits per heavy atom. The van der Waals surface area contributed by atoms with Crippen molar-refractivity contribution in [3.8, 4) is 0 Å². The third-order valence-electron chi connectivity index (χ3n) is 2.88. The zero-order valence-corrected chi connectivity index (χ0v) is 11.6. The van der Waals surface area contributed by atoms with Crippen LogP contribution in [0.2, 0.25) is 0 Å². The largest absolute Gasteiger partial charge is 0.469 e. The van der Waals surface area contributed by atoms with Crippen LogP contribution in [-0.4, -0.2) is 37.2 Å². The maximum atomic E-state index is 11.9. The highest BCUT2D eigenvalue weighted by Gasteiger charge is 2.31. The Kier molecular flexibility index (Phi) is 5.14. The Bertz CT molecular complexity index is 309. The van der Waals surface area contributed by atoms with Crippen LogP contribution in [0, 0.1) is 5.92 Å². The summed E-state index contributed by atoms with van der Waals surface area (Å²) in [5.74, 6) is -0.545. The summed E-state index contributed by atoms with van der Waals surface area (Å²) in [7, 11) is 1.37. The Morgan fingerprint density at radius 1 is 1.33 bits per heavy atom. The van der Waals surface area contributed by atoms with E-state index in [1.807, 2.05) is 20.8 Å². The second-order valence-electron chi connectivity index (χ2n) is 5.69. The van der Waals surface area contributed by atoms with E-state index in [4.69, 9.17) is 4.74 Å². The van der Waals surface area contributed by atoms with Gasteiger partial charge in [-0.2, -0.15) is 0 Å². The molecule has 0 radical (unpaired) electrons. The Labute approximate surface area is 108 Å². The van der Waals surface area contributed by atoms with E-state index in [0.717, 1.165) is 13.0 Å². The number of hydrogen-bond acceptors (Lipinski definition) is 5. The average molecular weight is 257 g/mol. The number of nitrogens with one attached hydrogen (secondary N) is 1. The van der Waals surface area contributed by atoms with Gasteiger partial charge in [0.15, 0.2) is 0 Å². The van der Waals surface area contributed by atoms with Gasteiger partial charge in [0.05, 0.1) is 19.4 Å². The smallest absolute Gasteiger partial charge is 0.309 e. The molecule has 2 atom stereocenters. The minimum absolute atomic E-state index is 0.00344. The lowest BCUT2D eigenvalue weighted by molar-refractivity contribution is -0.161. The number of methoxy groups -OCH3 is 1. The molecular weight excluding hydrogens is 234 g/mol. The van der Waals surface area contributed by atoms with E-state index < -0.39 is 5.60 Å². The molecule has 1 heterocycles. The highest BCUT2D eigenvalue weighted by Crippen LogP contribution is 2.22. The molecule has 1 aliphatic heterocycles. The summed E-state index contributed by atoms with van der Waals surface area (Å²) in [6, 6.07) is 0.00344. The van der Waals surface area contributed by atoms with Crippen LogP contribution in [0.4, 0.5) is 0 Å². The molecule has 0 spiro atoms. The maximum Gasteiger partial charge on any atom is 0.309 e. The number of esters is 2. The average Bonchev–Trinajstić information content (AvgIpc) is 2.27. The van der Waals surface area contributed by atoms with Crippen LogP contribution in [-0.2, 0) is 19.1 Å². The van der Waals surface area contributed by atoms with Crippen molar-refractivity contribution in [3.63, 3.8) is 0 Å². The van der Waals surface area contributed by atoms with Gasteiger partial charge in [0.2, 0.25) is 0 Å². The second-order valence-corrected chi connectivity index (χ2v) is 5.69. The van der Waals surface area contributed by atoms with Crippen molar-refractivity contribution in [2.45, 2.75) is 51.7 Å². The topological polar surface area (TPSA) is 64.6 Å². The lowest BCUT2D eigenvalue weighted by atomic mass is 9.91. The van der Waals surface area contributed by atoms with E-state index >= 15 is 0 Å². The van der Waals surface area contributed by atoms with Crippen LogP contribution in [0.3, 0.4) is 0 Å². The van der Waals surface area contributed by atoms with Gasteiger partial charge in [-0.1, -0.05) is 0 Å². The fourth-order valence-corrected chi connectivity index (χ4v) is 2.05. The van der Waals surface area contributed by atoms with Crippen LogP contribution in [0.1, 0.15) is 40.0 Å². The van der Waals surface area contributed by atoms with Gasteiger partial charge in [0.25, 0.3) is 0 Å². The molecule has 104 valence electrons. The molecule has 1 N–H and O–H groups in total. The number of ether oxygens (including phenoxy) is 2. The first kappa shape index (κ1) is 15.0. The molecule has 1 fully saturated rings. The van der Waals surface area contributed by atoms with Crippen LogP contribution >= 0.6 is 0 Å². The predicted octanol–water partition coefficient (Wildman–Crippen LogP) is 1.26. The van der Waals surface area contributed by atoms with Gasteiger partial charge in [-0.15, -0.1) is 0 Å². The highest BCUT2D eigenvalue weighted by atomic mass is 16.6.